The molecule has 5 heteroatoms. The number of nitrogens with two attached hydrogens (primary N) is 1. The van der Waals surface area contributed by atoms with Crippen LogP contribution >= 0.6 is 15.9 Å². The van der Waals surface area contributed by atoms with Crippen LogP contribution in [0.15, 0.2) is 34.9 Å². The molecule has 0 aliphatic rings. The van der Waals surface area contributed by atoms with Gasteiger partial charge in [0.1, 0.15) is 12.4 Å². The molecule has 4 nitrogen and oxygen atoms in total. The molecule has 0 bridgehead atoms. The van der Waals surface area contributed by atoms with Gasteiger partial charge in [0.25, 0.3) is 0 Å². The maximum Gasteiger partial charge on any atom is 0.132 e. The second-order valence-corrected chi connectivity index (χ2v) is 5.75. The maximum atomic E-state index is 6.02. The van der Waals surface area contributed by atoms with Crippen LogP contribution in [-0.2, 0) is 20.1 Å². The van der Waals surface area contributed by atoms with Gasteiger partial charge >= 0.3 is 0 Å². The molecule has 20 heavy (non-hydrogen) atoms. The standard InChI is InChI=1S/C15H20BrN3O/c1-3-12(17)8-11-9-14(4-5-15(11)16)20-10-13-6-7-19(2)18-13/h4-7,9,12H,3,8,10,17H2,1-2H3. The van der Waals surface area contributed by atoms with Gasteiger partial charge in [-0.25, -0.2) is 0 Å². The third-order valence-corrected chi connectivity index (χ3v) is 3.95. The molecule has 0 spiro atoms. The second-order valence-electron chi connectivity index (χ2n) is 4.90. The molecule has 0 fully saturated rings. The number of ether oxygens (including phenoxy) is 1. The van der Waals surface area contributed by atoms with Gasteiger partial charge in [0.2, 0.25) is 0 Å². The lowest BCUT2D eigenvalue weighted by atomic mass is 10.0. The summed E-state index contributed by atoms with van der Waals surface area (Å²) in [7, 11) is 1.90. The predicted octanol–water partition coefficient (Wildman–Crippen LogP) is 3.04. The van der Waals surface area contributed by atoms with Crippen molar-refractivity contribution < 1.29 is 4.74 Å². The average molecular weight is 338 g/mol. The minimum absolute atomic E-state index is 0.178. The normalized spacial score (nSPS) is 12.4. The quantitative estimate of drug-likeness (QED) is 0.881. The van der Waals surface area contributed by atoms with Crippen LogP contribution < -0.4 is 10.5 Å². The summed E-state index contributed by atoms with van der Waals surface area (Å²) in [6.07, 6.45) is 3.72. The van der Waals surface area contributed by atoms with Gasteiger partial charge in [-0.15, -0.1) is 0 Å². The predicted molar refractivity (Wildman–Crippen MR) is 83.7 cm³/mol. The Balaban J connectivity index is 2.03. The Labute approximate surface area is 128 Å². The average Bonchev–Trinajstić information content (AvgIpc) is 2.85. The molecule has 1 unspecified atom stereocenters. The van der Waals surface area contributed by atoms with E-state index >= 15 is 0 Å². The molecule has 0 amide bonds. The van der Waals surface area contributed by atoms with Gasteiger partial charge in [-0.2, -0.15) is 5.10 Å². The molecule has 2 N–H and O–H groups in total. The van der Waals surface area contributed by atoms with Crippen LogP contribution in [0.4, 0.5) is 0 Å². The Bertz CT molecular complexity index is 568. The topological polar surface area (TPSA) is 53.1 Å². The summed E-state index contributed by atoms with van der Waals surface area (Å²) in [6.45, 7) is 2.57. The molecule has 1 heterocycles. The third kappa shape index (κ3) is 4.08. The molecule has 108 valence electrons. The summed E-state index contributed by atoms with van der Waals surface area (Å²) in [6, 6.07) is 8.13. The Morgan fingerprint density at radius 1 is 1.40 bits per heavy atom. The zero-order valence-corrected chi connectivity index (χ0v) is 13.4. The van der Waals surface area contributed by atoms with Crippen molar-refractivity contribution in [2.45, 2.75) is 32.4 Å². The lowest BCUT2D eigenvalue weighted by Gasteiger charge is -2.12. The van der Waals surface area contributed by atoms with E-state index in [0.29, 0.717) is 6.61 Å². The van der Waals surface area contributed by atoms with Gasteiger partial charge in [0.05, 0.1) is 5.69 Å². The van der Waals surface area contributed by atoms with E-state index < -0.39 is 0 Å². The van der Waals surface area contributed by atoms with Gasteiger partial charge in [-0.3, -0.25) is 4.68 Å². The molecule has 0 saturated carbocycles. The first-order valence-electron chi connectivity index (χ1n) is 6.73. The lowest BCUT2D eigenvalue weighted by Crippen LogP contribution is -2.21. The van der Waals surface area contributed by atoms with Crippen LogP contribution in [0, 0.1) is 0 Å². The second kappa shape index (κ2) is 6.90. The summed E-state index contributed by atoms with van der Waals surface area (Å²) in [5.74, 6) is 0.845. The van der Waals surface area contributed by atoms with Crippen LogP contribution in [0.25, 0.3) is 0 Å². The number of aromatic nitrogens is 2. The SMILES string of the molecule is CCC(N)Cc1cc(OCc2ccn(C)n2)ccc1Br. The molecule has 0 aliphatic heterocycles. The zero-order chi connectivity index (χ0) is 14.5. The molecule has 1 atom stereocenters. The Hall–Kier alpha value is -1.33. The first kappa shape index (κ1) is 15.1. The van der Waals surface area contributed by atoms with Crippen molar-refractivity contribution in [1.29, 1.82) is 0 Å². The smallest absolute Gasteiger partial charge is 0.132 e. The highest BCUT2D eigenvalue weighted by atomic mass is 79.9. The summed E-state index contributed by atoms with van der Waals surface area (Å²) in [5.41, 5.74) is 8.11. The summed E-state index contributed by atoms with van der Waals surface area (Å²) in [5, 5.41) is 4.29. The molecular formula is C15H20BrN3O. The molecule has 0 aliphatic carbocycles. The third-order valence-electron chi connectivity index (χ3n) is 3.18. The largest absolute Gasteiger partial charge is 0.487 e. The summed E-state index contributed by atoms with van der Waals surface area (Å²) >= 11 is 3.56. The highest BCUT2D eigenvalue weighted by Gasteiger charge is 2.07. The number of nitrogens with zero attached hydrogens (tertiary/aromatic N) is 2. The number of halogens is 1. The van der Waals surface area contributed by atoms with Crippen molar-refractivity contribution in [3.05, 3.63) is 46.2 Å². The first-order chi connectivity index (χ1) is 9.58. The number of rotatable bonds is 6. The van der Waals surface area contributed by atoms with Gasteiger partial charge in [0, 0.05) is 23.8 Å². The molecule has 1 aromatic heterocycles. The zero-order valence-electron chi connectivity index (χ0n) is 11.8. The van der Waals surface area contributed by atoms with Gasteiger partial charge in [0.15, 0.2) is 0 Å². The molecule has 2 rings (SSSR count). The van der Waals surface area contributed by atoms with Crippen molar-refractivity contribution in [2.24, 2.45) is 12.8 Å². The fourth-order valence-electron chi connectivity index (χ4n) is 1.92. The van der Waals surface area contributed by atoms with Crippen LogP contribution in [0.1, 0.15) is 24.6 Å². The van der Waals surface area contributed by atoms with E-state index in [-0.39, 0.29) is 6.04 Å². The molecule has 0 saturated heterocycles. The Kier molecular flexibility index (Phi) is 5.20. The van der Waals surface area contributed by atoms with Crippen molar-refractivity contribution in [1.82, 2.24) is 9.78 Å². The van der Waals surface area contributed by atoms with Crippen LogP contribution in [0.5, 0.6) is 5.75 Å². The number of hydrogen-bond acceptors (Lipinski definition) is 3. The monoisotopic (exact) mass is 337 g/mol. The van der Waals surface area contributed by atoms with Crippen LogP contribution in [-0.4, -0.2) is 15.8 Å². The van der Waals surface area contributed by atoms with Gasteiger partial charge < -0.3 is 10.5 Å². The molecular weight excluding hydrogens is 318 g/mol. The van der Waals surface area contributed by atoms with E-state index in [1.807, 2.05) is 37.5 Å². The number of hydrogen-bond donors (Lipinski definition) is 1. The number of benzene rings is 1. The summed E-state index contributed by atoms with van der Waals surface area (Å²) in [4.78, 5) is 0. The van der Waals surface area contributed by atoms with Crippen LogP contribution in [0.2, 0.25) is 0 Å². The van der Waals surface area contributed by atoms with E-state index in [2.05, 4.69) is 28.0 Å². The van der Waals surface area contributed by atoms with E-state index in [9.17, 15) is 0 Å². The Morgan fingerprint density at radius 3 is 2.85 bits per heavy atom. The fraction of sp³-hybridized carbons (Fsp3) is 0.400. The Morgan fingerprint density at radius 2 is 2.20 bits per heavy atom. The minimum Gasteiger partial charge on any atom is -0.487 e. The van der Waals surface area contributed by atoms with Gasteiger partial charge in [-0.1, -0.05) is 22.9 Å². The highest BCUT2D eigenvalue weighted by Crippen LogP contribution is 2.24. The molecule has 2 aromatic rings. The van der Waals surface area contributed by atoms with Crippen molar-refractivity contribution in [3.63, 3.8) is 0 Å². The van der Waals surface area contributed by atoms with E-state index in [1.165, 1.54) is 5.56 Å². The molecule has 0 radical (unpaired) electrons. The minimum atomic E-state index is 0.178. The maximum absolute atomic E-state index is 6.02. The van der Waals surface area contributed by atoms with Crippen molar-refractivity contribution >= 4 is 15.9 Å². The summed E-state index contributed by atoms with van der Waals surface area (Å²) < 4.78 is 8.62. The molecule has 1 aromatic carbocycles. The van der Waals surface area contributed by atoms with E-state index in [0.717, 1.165) is 28.8 Å². The fourth-order valence-corrected chi connectivity index (χ4v) is 2.33. The highest BCUT2D eigenvalue weighted by molar-refractivity contribution is 9.10. The number of aryl methyl sites for hydroxylation is 1. The van der Waals surface area contributed by atoms with Gasteiger partial charge in [-0.05, 0) is 42.7 Å². The van der Waals surface area contributed by atoms with Crippen molar-refractivity contribution in [3.8, 4) is 5.75 Å². The van der Waals surface area contributed by atoms with Crippen LogP contribution in [0.3, 0.4) is 0 Å². The lowest BCUT2D eigenvalue weighted by molar-refractivity contribution is 0.299. The van der Waals surface area contributed by atoms with E-state index in [1.54, 1.807) is 4.68 Å². The first-order valence-corrected chi connectivity index (χ1v) is 7.53. The van der Waals surface area contributed by atoms with Crippen molar-refractivity contribution in [2.75, 3.05) is 0 Å². The van der Waals surface area contributed by atoms with E-state index in [4.69, 9.17) is 10.5 Å².